The van der Waals surface area contributed by atoms with Crippen LogP contribution in [0.1, 0.15) is 5.56 Å². The van der Waals surface area contributed by atoms with Crippen molar-refractivity contribution in [1.29, 1.82) is 0 Å². The topological polar surface area (TPSA) is 88.9 Å². The molecule has 0 radical (unpaired) electrons. The molecule has 10 heteroatoms. The third-order valence-corrected chi connectivity index (χ3v) is 6.38. The minimum Gasteiger partial charge on any atom is -0.346 e. The first-order valence-electron chi connectivity index (χ1n) is 10.0. The Kier molecular flexibility index (Phi) is 7.48. The van der Waals surface area contributed by atoms with Gasteiger partial charge in [0.25, 0.3) is 0 Å². The van der Waals surface area contributed by atoms with Crippen molar-refractivity contribution in [2.75, 3.05) is 17.6 Å². The lowest BCUT2D eigenvalue weighted by molar-refractivity contribution is -0.122. The molecule has 0 bridgehead atoms. The van der Waals surface area contributed by atoms with Crippen LogP contribution in [0.2, 0.25) is 0 Å². The fourth-order valence-corrected chi connectivity index (χ4v) is 4.48. The second kappa shape index (κ2) is 10.9. The number of hydrogen-bond donors (Lipinski definition) is 2. The van der Waals surface area contributed by atoms with Gasteiger partial charge >= 0.3 is 0 Å². The van der Waals surface area contributed by atoms with E-state index in [0.29, 0.717) is 17.4 Å². The van der Waals surface area contributed by atoms with Gasteiger partial charge in [0.15, 0.2) is 11.0 Å². The van der Waals surface area contributed by atoms with E-state index in [0.717, 1.165) is 16.3 Å². The number of aromatic nitrogens is 3. The molecule has 2 aromatic carbocycles. The first-order chi connectivity index (χ1) is 16.1. The van der Waals surface area contributed by atoms with Crippen LogP contribution in [0.3, 0.4) is 0 Å². The van der Waals surface area contributed by atoms with Crippen LogP contribution in [0, 0.1) is 5.82 Å². The van der Waals surface area contributed by atoms with Gasteiger partial charge in [0.05, 0.1) is 23.7 Å². The molecular weight excluding hydrogens is 461 g/mol. The van der Waals surface area contributed by atoms with Gasteiger partial charge in [-0.2, -0.15) is 0 Å². The SMILES string of the molecule is O=C(CSc1nnc(-c2cccs2)n1Cc1ccccc1)NCC(=O)Nc1ccc(F)cc1. The molecule has 0 spiro atoms. The van der Waals surface area contributed by atoms with Gasteiger partial charge in [-0.15, -0.1) is 21.5 Å². The maximum atomic E-state index is 13.0. The molecule has 0 fully saturated rings. The minimum absolute atomic E-state index is 0.0845. The predicted molar refractivity (Wildman–Crippen MR) is 128 cm³/mol. The normalized spacial score (nSPS) is 10.7. The zero-order valence-corrected chi connectivity index (χ0v) is 19.0. The fraction of sp³-hybridized carbons (Fsp3) is 0.130. The molecule has 2 aromatic heterocycles. The Morgan fingerprint density at radius 1 is 0.970 bits per heavy atom. The number of hydrogen-bond acceptors (Lipinski definition) is 6. The van der Waals surface area contributed by atoms with Crippen LogP contribution < -0.4 is 10.6 Å². The molecule has 0 atom stereocenters. The summed E-state index contributed by atoms with van der Waals surface area (Å²) < 4.78 is 14.9. The third kappa shape index (κ3) is 6.27. The van der Waals surface area contributed by atoms with Crippen molar-refractivity contribution in [3.05, 3.63) is 83.5 Å². The van der Waals surface area contributed by atoms with Crippen LogP contribution in [0.4, 0.5) is 10.1 Å². The van der Waals surface area contributed by atoms with E-state index in [4.69, 9.17) is 0 Å². The van der Waals surface area contributed by atoms with Gasteiger partial charge < -0.3 is 10.6 Å². The number of benzene rings is 2. The summed E-state index contributed by atoms with van der Waals surface area (Å²) in [5, 5.41) is 16.4. The van der Waals surface area contributed by atoms with Crippen molar-refractivity contribution in [1.82, 2.24) is 20.1 Å². The summed E-state index contributed by atoms with van der Waals surface area (Å²) in [7, 11) is 0. The highest BCUT2D eigenvalue weighted by atomic mass is 32.2. The number of anilines is 1. The summed E-state index contributed by atoms with van der Waals surface area (Å²) in [5.41, 5.74) is 1.55. The lowest BCUT2D eigenvalue weighted by Crippen LogP contribution is -2.33. The van der Waals surface area contributed by atoms with Crippen LogP contribution in [0.25, 0.3) is 10.7 Å². The molecule has 33 heavy (non-hydrogen) atoms. The number of thioether (sulfide) groups is 1. The number of carbonyl (C=O) groups excluding carboxylic acids is 2. The lowest BCUT2D eigenvalue weighted by Gasteiger charge is -2.10. The summed E-state index contributed by atoms with van der Waals surface area (Å²) in [6.07, 6.45) is 0. The highest BCUT2D eigenvalue weighted by Gasteiger charge is 2.17. The Labute approximate surface area is 198 Å². The Morgan fingerprint density at radius 2 is 1.76 bits per heavy atom. The van der Waals surface area contributed by atoms with Gasteiger partial charge in [-0.05, 0) is 41.3 Å². The standard InChI is InChI=1S/C23H20FN5O2S2/c24-17-8-10-18(11-9-17)26-20(30)13-25-21(31)15-33-23-28-27-22(19-7-4-12-32-19)29(23)14-16-5-2-1-3-6-16/h1-12H,13-15H2,(H,25,31)(H,26,30). The van der Waals surface area contributed by atoms with Crippen molar-refractivity contribution in [3.63, 3.8) is 0 Å². The molecule has 2 amide bonds. The van der Waals surface area contributed by atoms with Crippen LogP contribution in [0.5, 0.6) is 0 Å². The van der Waals surface area contributed by atoms with Gasteiger partial charge in [0.1, 0.15) is 5.82 Å². The molecule has 0 aliphatic heterocycles. The smallest absolute Gasteiger partial charge is 0.243 e. The van der Waals surface area contributed by atoms with Crippen molar-refractivity contribution < 1.29 is 14.0 Å². The molecule has 2 N–H and O–H groups in total. The fourth-order valence-electron chi connectivity index (χ4n) is 2.99. The van der Waals surface area contributed by atoms with Crippen molar-refractivity contribution in [2.45, 2.75) is 11.7 Å². The van der Waals surface area contributed by atoms with Gasteiger partial charge in [-0.3, -0.25) is 14.2 Å². The maximum Gasteiger partial charge on any atom is 0.243 e. The van der Waals surface area contributed by atoms with E-state index in [2.05, 4.69) is 20.8 Å². The second-order valence-corrected chi connectivity index (χ2v) is 8.87. The Hall–Kier alpha value is -3.50. The summed E-state index contributed by atoms with van der Waals surface area (Å²) in [6, 6.07) is 19.3. The molecular formula is C23H20FN5O2S2. The van der Waals surface area contributed by atoms with E-state index in [1.54, 1.807) is 11.3 Å². The van der Waals surface area contributed by atoms with Crippen molar-refractivity contribution in [3.8, 4) is 10.7 Å². The summed E-state index contributed by atoms with van der Waals surface area (Å²) in [5.74, 6) is -0.259. The monoisotopic (exact) mass is 481 g/mol. The molecule has 168 valence electrons. The highest BCUT2D eigenvalue weighted by molar-refractivity contribution is 7.99. The number of rotatable bonds is 9. The van der Waals surface area contributed by atoms with E-state index in [9.17, 15) is 14.0 Å². The Bertz CT molecular complexity index is 1210. The van der Waals surface area contributed by atoms with Gasteiger partial charge in [-0.25, -0.2) is 4.39 Å². The van der Waals surface area contributed by atoms with Crippen LogP contribution in [-0.2, 0) is 16.1 Å². The quantitative estimate of drug-likeness (QED) is 0.352. The maximum absolute atomic E-state index is 13.0. The van der Waals surface area contributed by atoms with Crippen LogP contribution in [-0.4, -0.2) is 38.9 Å². The minimum atomic E-state index is -0.396. The molecule has 2 heterocycles. The second-order valence-electron chi connectivity index (χ2n) is 6.98. The van der Waals surface area contributed by atoms with E-state index in [-0.39, 0.29) is 24.0 Å². The van der Waals surface area contributed by atoms with Crippen molar-refractivity contribution >= 4 is 40.6 Å². The first kappa shape index (κ1) is 22.7. The molecule has 0 unspecified atom stereocenters. The van der Waals surface area contributed by atoms with Gasteiger partial charge in [0, 0.05) is 5.69 Å². The average molecular weight is 482 g/mol. The summed E-state index contributed by atoms with van der Waals surface area (Å²) in [4.78, 5) is 25.3. The lowest BCUT2D eigenvalue weighted by atomic mass is 10.2. The summed E-state index contributed by atoms with van der Waals surface area (Å²) >= 11 is 2.83. The first-order valence-corrected chi connectivity index (χ1v) is 11.9. The average Bonchev–Trinajstić information content (AvgIpc) is 3.49. The molecule has 0 saturated carbocycles. The molecule has 0 aliphatic carbocycles. The van der Waals surface area contributed by atoms with E-state index in [1.807, 2.05) is 52.4 Å². The zero-order chi connectivity index (χ0) is 23.0. The summed E-state index contributed by atoms with van der Waals surface area (Å²) in [6.45, 7) is 0.388. The molecule has 0 saturated heterocycles. The van der Waals surface area contributed by atoms with Gasteiger partial charge in [-0.1, -0.05) is 48.2 Å². The van der Waals surface area contributed by atoms with E-state index in [1.165, 1.54) is 36.0 Å². The Balaban J connectivity index is 1.35. The van der Waals surface area contributed by atoms with E-state index < -0.39 is 5.91 Å². The van der Waals surface area contributed by atoms with Gasteiger partial charge in [0.2, 0.25) is 11.8 Å². The number of thiophene rings is 1. The number of nitrogens with one attached hydrogen (secondary N) is 2. The molecule has 4 aromatic rings. The molecule has 4 rings (SSSR count). The van der Waals surface area contributed by atoms with Crippen LogP contribution >= 0.6 is 23.1 Å². The number of carbonyl (C=O) groups is 2. The predicted octanol–water partition coefficient (Wildman–Crippen LogP) is 4.04. The van der Waals surface area contributed by atoms with Crippen LogP contribution in [0.15, 0.2) is 77.3 Å². The van der Waals surface area contributed by atoms with Crippen molar-refractivity contribution in [2.24, 2.45) is 0 Å². The third-order valence-electron chi connectivity index (χ3n) is 4.55. The Morgan fingerprint density at radius 3 is 2.48 bits per heavy atom. The van der Waals surface area contributed by atoms with E-state index >= 15 is 0 Å². The highest BCUT2D eigenvalue weighted by Crippen LogP contribution is 2.28. The molecule has 7 nitrogen and oxygen atoms in total. The number of nitrogens with zero attached hydrogens (tertiary/aromatic N) is 3. The largest absolute Gasteiger partial charge is 0.346 e. The molecule has 0 aliphatic rings. The number of halogens is 1. The zero-order valence-electron chi connectivity index (χ0n) is 17.4. The number of amides is 2.